The van der Waals surface area contributed by atoms with Crippen LogP contribution in [-0.4, -0.2) is 12.8 Å². The molecule has 0 radical (unpaired) electrons. The standard InChI is InChI=1S/C14H12O.C8H11N/c1-11(15)13-8-5-9-14(10-13)12-6-3-2-4-7-12;1-9-7-8-5-3-2-4-6-8/h2-10H,1H3;2-6,9H,7H2,1H3. The Kier molecular flexibility index (Phi) is 6.93. The van der Waals surface area contributed by atoms with Gasteiger partial charge in [-0.15, -0.1) is 0 Å². The quantitative estimate of drug-likeness (QED) is 0.689. The summed E-state index contributed by atoms with van der Waals surface area (Å²) in [5, 5.41) is 3.08. The van der Waals surface area contributed by atoms with Gasteiger partial charge in [-0.25, -0.2) is 0 Å². The number of hydrogen-bond acceptors (Lipinski definition) is 2. The molecule has 1 N–H and O–H groups in total. The summed E-state index contributed by atoms with van der Waals surface area (Å²) in [4.78, 5) is 11.2. The number of nitrogens with one attached hydrogen (secondary N) is 1. The van der Waals surface area contributed by atoms with Gasteiger partial charge >= 0.3 is 0 Å². The summed E-state index contributed by atoms with van der Waals surface area (Å²) < 4.78 is 0. The smallest absolute Gasteiger partial charge is 0.159 e. The molecule has 0 saturated carbocycles. The van der Waals surface area contributed by atoms with Gasteiger partial charge in [-0.3, -0.25) is 4.79 Å². The van der Waals surface area contributed by atoms with Crippen molar-refractivity contribution in [3.05, 3.63) is 96.1 Å². The second kappa shape index (κ2) is 9.43. The van der Waals surface area contributed by atoms with Gasteiger partial charge in [0.25, 0.3) is 0 Å². The highest BCUT2D eigenvalue weighted by atomic mass is 16.1. The van der Waals surface area contributed by atoms with E-state index in [0.717, 1.165) is 23.2 Å². The molecular weight excluding hydrogens is 294 g/mol. The number of hydrogen-bond donors (Lipinski definition) is 1. The van der Waals surface area contributed by atoms with Gasteiger partial charge in [0.2, 0.25) is 0 Å². The third kappa shape index (κ3) is 5.49. The van der Waals surface area contributed by atoms with Gasteiger partial charge in [-0.2, -0.15) is 0 Å². The zero-order chi connectivity index (χ0) is 17.2. The third-order valence-electron chi connectivity index (χ3n) is 3.60. The van der Waals surface area contributed by atoms with Crippen LogP contribution < -0.4 is 5.32 Å². The van der Waals surface area contributed by atoms with E-state index in [4.69, 9.17) is 0 Å². The molecule has 0 unspecified atom stereocenters. The number of Topliss-reactive ketones (excluding diaryl/α,β-unsaturated/α-hetero) is 1. The van der Waals surface area contributed by atoms with Crippen LogP contribution in [0.15, 0.2) is 84.9 Å². The van der Waals surface area contributed by atoms with Crippen LogP contribution in [0.1, 0.15) is 22.8 Å². The molecule has 0 aliphatic carbocycles. The van der Waals surface area contributed by atoms with Gasteiger partial charge in [0.1, 0.15) is 0 Å². The summed E-state index contributed by atoms with van der Waals surface area (Å²) in [6.45, 7) is 2.55. The largest absolute Gasteiger partial charge is 0.316 e. The average molecular weight is 317 g/mol. The lowest BCUT2D eigenvalue weighted by molar-refractivity contribution is 0.101. The van der Waals surface area contributed by atoms with Crippen LogP contribution in [0.5, 0.6) is 0 Å². The Morgan fingerprint density at radius 3 is 1.96 bits per heavy atom. The SMILES string of the molecule is CC(=O)c1cccc(-c2ccccc2)c1.CNCc1ccccc1. The summed E-state index contributed by atoms with van der Waals surface area (Å²) in [6, 6.07) is 28.1. The first kappa shape index (κ1) is 17.6. The Labute approximate surface area is 144 Å². The molecular formula is C22H23NO. The van der Waals surface area contributed by atoms with E-state index in [9.17, 15) is 4.79 Å². The normalized spacial score (nSPS) is 9.75. The van der Waals surface area contributed by atoms with Gasteiger partial charge in [-0.05, 0) is 36.7 Å². The maximum atomic E-state index is 11.2. The van der Waals surface area contributed by atoms with E-state index in [1.807, 2.05) is 79.8 Å². The third-order valence-corrected chi connectivity index (χ3v) is 3.60. The maximum absolute atomic E-state index is 11.2. The van der Waals surface area contributed by atoms with Crippen LogP contribution >= 0.6 is 0 Å². The molecule has 122 valence electrons. The zero-order valence-electron chi connectivity index (χ0n) is 14.2. The predicted molar refractivity (Wildman–Crippen MR) is 101 cm³/mol. The van der Waals surface area contributed by atoms with Crippen molar-refractivity contribution in [1.82, 2.24) is 5.32 Å². The molecule has 3 rings (SSSR count). The summed E-state index contributed by atoms with van der Waals surface area (Å²) in [6.07, 6.45) is 0. The van der Waals surface area contributed by atoms with Crippen molar-refractivity contribution in [1.29, 1.82) is 0 Å². The molecule has 0 heterocycles. The fourth-order valence-corrected chi connectivity index (χ4v) is 2.35. The molecule has 2 nitrogen and oxygen atoms in total. The molecule has 2 heteroatoms. The second-order valence-corrected chi connectivity index (χ2v) is 5.52. The van der Waals surface area contributed by atoms with Crippen LogP contribution in [0.2, 0.25) is 0 Å². The Bertz CT molecular complexity index is 751. The minimum atomic E-state index is 0.104. The summed E-state index contributed by atoms with van der Waals surface area (Å²) >= 11 is 0. The zero-order valence-corrected chi connectivity index (χ0v) is 14.2. The van der Waals surface area contributed by atoms with E-state index in [0.29, 0.717) is 0 Å². The van der Waals surface area contributed by atoms with Gasteiger partial charge in [0.15, 0.2) is 5.78 Å². The number of carbonyl (C=O) groups excluding carboxylic acids is 1. The second-order valence-electron chi connectivity index (χ2n) is 5.52. The lowest BCUT2D eigenvalue weighted by Crippen LogP contribution is -2.04. The van der Waals surface area contributed by atoms with E-state index in [1.54, 1.807) is 6.92 Å². The summed E-state index contributed by atoms with van der Waals surface area (Å²) in [5.74, 6) is 0.104. The van der Waals surface area contributed by atoms with Crippen molar-refractivity contribution in [3.8, 4) is 11.1 Å². The Morgan fingerprint density at radius 1 is 0.792 bits per heavy atom. The monoisotopic (exact) mass is 317 g/mol. The van der Waals surface area contributed by atoms with E-state index in [1.165, 1.54) is 5.56 Å². The Balaban J connectivity index is 0.000000198. The molecule has 0 bridgehead atoms. The molecule has 3 aromatic rings. The maximum Gasteiger partial charge on any atom is 0.159 e. The minimum absolute atomic E-state index is 0.104. The minimum Gasteiger partial charge on any atom is -0.316 e. The van der Waals surface area contributed by atoms with Gasteiger partial charge in [0.05, 0.1) is 0 Å². The Morgan fingerprint density at radius 2 is 1.38 bits per heavy atom. The van der Waals surface area contributed by atoms with Crippen LogP contribution in [0.3, 0.4) is 0 Å². The summed E-state index contributed by atoms with van der Waals surface area (Å²) in [5.41, 5.74) is 4.32. The highest BCUT2D eigenvalue weighted by Gasteiger charge is 2.01. The number of rotatable bonds is 4. The first-order chi connectivity index (χ1) is 11.7. The molecule has 0 aliphatic rings. The van der Waals surface area contributed by atoms with E-state index >= 15 is 0 Å². The number of ketones is 1. The molecule has 0 saturated heterocycles. The Hall–Kier alpha value is -2.71. The molecule has 0 fully saturated rings. The molecule has 0 atom stereocenters. The van der Waals surface area contributed by atoms with E-state index in [2.05, 4.69) is 17.4 Å². The number of benzene rings is 3. The van der Waals surface area contributed by atoms with Gasteiger partial charge in [-0.1, -0.05) is 78.9 Å². The van der Waals surface area contributed by atoms with Gasteiger partial charge < -0.3 is 5.32 Å². The molecule has 0 aliphatic heterocycles. The van der Waals surface area contributed by atoms with Crippen molar-refractivity contribution in [3.63, 3.8) is 0 Å². The fraction of sp³-hybridized carbons (Fsp3) is 0.136. The van der Waals surface area contributed by atoms with Crippen LogP contribution in [-0.2, 0) is 6.54 Å². The van der Waals surface area contributed by atoms with Crippen molar-refractivity contribution < 1.29 is 4.79 Å². The number of carbonyl (C=O) groups is 1. The predicted octanol–water partition coefficient (Wildman–Crippen LogP) is 4.96. The van der Waals surface area contributed by atoms with Crippen molar-refractivity contribution in [2.24, 2.45) is 0 Å². The van der Waals surface area contributed by atoms with E-state index < -0.39 is 0 Å². The molecule has 24 heavy (non-hydrogen) atoms. The topological polar surface area (TPSA) is 29.1 Å². The van der Waals surface area contributed by atoms with Crippen molar-refractivity contribution >= 4 is 5.78 Å². The van der Waals surface area contributed by atoms with Crippen LogP contribution in [0, 0.1) is 0 Å². The van der Waals surface area contributed by atoms with E-state index in [-0.39, 0.29) is 5.78 Å². The highest BCUT2D eigenvalue weighted by molar-refractivity contribution is 5.95. The summed E-state index contributed by atoms with van der Waals surface area (Å²) in [7, 11) is 1.95. The first-order valence-electron chi connectivity index (χ1n) is 8.05. The van der Waals surface area contributed by atoms with Crippen LogP contribution in [0.25, 0.3) is 11.1 Å². The highest BCUT2D eigenvalue weighted by Crippen LogP contribution is 2.19. The fourth-order valence-electron chi connectivity index (χ4n) is 2.35. The first-order valence-corrected chi connectivity index (χ1v) is 8.05. The lowest BCUT2D eigenvalue weighted by Gasteiger charge is -2.02. The van der Waals surface area contributed by atoms with Gasteiger partial charge in [0, 0.05) is 12.1 Å². The molecule has 0 spiro atoms. The van der Waals surface area contributed by atoms with Crippen molar-refractivity contribution in [2.45, 2.75) is 13.5 Å². The lowest BCUT2D eigenvalue weighted by atomic mass is 10.0. The average Bonchev–Trinajstić information content (AvgIpc) is 2.64. The molecule has 0 amide bonds. The van der Waals surface area contributed by atoms with Crippen molar-refractivity contribution in [2.75, 3.05) is 7.05 Å². The van der Waals surface area contributed by atoms with Crippen LogP contribution in [0.4, 0.5) is 0 Å². The molecule has 3 aromatic carbocycles. The molecule has 0 aromatic heterocycles.